The Labute approximate surface area is 144 Å². The third-order valence-corrected chi connectivity index (χ3v) is 4.20. The van der Waals surface area contributed by atoms with E-state index in [9.17, 15) is 4.79 Å². The Kier molecular flexibility index (Phi) is 7.53. The van der Waals surface area contributed by atoms with Crippen molar-refractivity contribution in [3.8, 4) is 11.4 Å². The second-order valence-electron chi connectivity index (χ2n) is 6.14. The van der Waals surface area contributed by atoms with Gasteiger partial charge in [-0.3, -0.25) is 0 Å². The van der Waals surface area contributed by atoms with E-state index in [1.807, 2.05) is 48.0 Å². The summed E-state index contributed by atoms with van der Waals surface area (Å²) in [5, 5.41) is 0. The minimum Gasteiger partial charge on any atom is -0.464 e. The fourth-order valence-corrected chi connectivity index (χ4v) is 2.73. The molecule has 2 aromatic rings. The van der Waals surface area contributed by atoms with Crippen LogP contribution in [-0.4, -0.2) is 22.1 Å². The van der Waals surface area contributed by atoms with Gasteiger partial charge in [0.15, 0.2) is 0 Å². The van der Waals surface area contributed by atoms with Crippen molar-refractivity contribution in [1.82, 2.24) is 9.55 Å². The topological polar surface area (TPSA) is 44.1 Å². The molecular formula is C20H28N2O2. The Bertz CT molecular complexity index is 607. The van der Waals surface area contributed by atoms with E-state index in [-0.39, 0.29) is 12.0 Å². The minimum absolute atomic E-state index is 0.196. The van der Waals surface area contributed by atoms with Crippen molar-refractivity contribution < 1.29 is 9.53 Å². The number of carbonyl (C=O) groups excluding carboxylic acids is 1. The number of esters is 1. The van der Waals surface area contributed by atoms with Gasteiger partial charge in [-0.05, 0) is 13.3 Å². The highest BCUT2D eigenvalue weighted by Gasteiger charge is 2.19. The van der Waals surface area contributed by atoms with Gasteiger partial charge in [0.1, 0.15) is 11.9 Å². The van der Waals surface area contributed by atoms with Crippen LogP contribution < -0.4 is 0 Å². The molecule has 0 saturated heterocycles. The number of ether oxygens (including phenoxy) is 1. The molecule has 24 heavy (non-hydrogen) atoms. The van der Waals surface area contributed by atoms with Gasteiger partial charge in [0.25, 0.3) is 0 Å². The summed E-state index contributed by atoms with van der Waals surface area (Å²) >= 11 is 0. The third kappa shape index (κ3) is 5.22. The molecule has 4 nitrogen and oxygen atoms in total. The van der Waals surface area contributed by atoms with Gasteiger partial charge in [-0.1, -0.05) is 69.4 Å². The summed E-state index contributed by atoms with van der Waals surface area (Å²) < 4.78 is 7.31. The highest BCUT2D eigenvalue weighted by molar-refractivity contribution is 5.75. The van der Waals surface area contributed by atoms with Crippen LogP contribution in [0.5, 0.6) is 0 Å². The van der Waals surface area contributed by atoms with Crippen molar-refractivity contribution in [2.24, 2.45) is 0 Å². The first-order valence-corrected chi connectivity index (χ1v) is 8.99. The van der Waals surface area contributed by atoms with Gasteiger partial charge in [-0.2, -0.15) is 0 Å². The number of nitrogens with zero attached hydrogens (tertiary/aromatic N) is 2. The van der Waals surface area contributed by atoms with E-state index in [0.29, 0.717) is 6.61 Å². The zero-order chi connectivity index (χ0) is 17.2. The molecule has 0 fully saturated rings. The van der Waals surface area contributed by atoms with Gasteiger partial charge < -0.3 is 9.30 Å². The molecule has 0 bridgehead atoms. The molecule has 4 heteroatoms. The number of hydrogen-bond acceptors (Lipinski definition) is 3. The Morgan fingerprint density at radius 3 is 2.58 bits per heavy atom. The highest BCUT2D eigenvalue weighted by atomic mass is 16.5. The molecule has 2 rings (SSSR count). The molecule has 1 atom stereocenters. The monoisotopic (exact) mass is 328 g/mol. The Morgan fingerprint density at radius 1 is 1.12 bits per heavy atom. The summed E-state index contributed by atoms with van der Waals surface area (Å²) in [6.45, 7) is 4.57. The van der Waals surface area contributed by atoms with E-state index in [1.165, 1.54) is 25.7 Å². The summed E-state index contributed by atoms with van der Waals surface area (Å²) in [6, 6.07) is 9.52. The molecule has 0 spiro atoms. The van der Waals surface area contributed by atoms with E-state index in [1.54, 1.807) is 6.20 Å². The molecule has 0 radical (unpaired) electrons. The molecule has 1 aromatic heterocycles. The van der Waals surface area contributed by atoms with E-state index < -0.39 is 0 Å². The largest absolute Gasteiger partial charge is 0.464 e. The summed E-state index contributed by atoms with van der Waals surface area (Å²) in [6.07, 6.45) is 10.7. The van der Waals surface area contributed by atoms with Crippen LogP contribution in [0, 0.1) is 0 Å². The maximum atomic E-state index is 12.3. The molecule has 0 aliphatic carbocycles. The van der Waals surface area contributed by atoms with Gasteiger partial charge in [0.2, 0.25) is 0 Å². The summed E-state index contributed by atoms with van der Waals surface area (Å²) in [5.41, 5.74) is 0.998. The van der Waals surface area contributed by atoms with Crippen molar-refractivity contribution in [1.29, 1.82) is 0 Å². The van der Waals surface area contributed by atoms with Crippen LogP contribution in [0.2, 0.25) is 0 Å². The van der Waals surface area contributed by atoms with Gasteiger partial charge in [0.05, 0.1) is 6.61 Å². The van der Waals surface area contributed by atoms with E-state index >= 15 is 0 Å². The molecule has 1 unspecified atom stereocenters. The number of carbonyl (C=O) groups is 1. The lowest BCUT2D eigenvalue weighted by Crippen LogP contribution is -2.20. The van der Waals surface area contributed by atoms with Crippen LogP contribution >= 0.6 is 0 Å². The Balaban J connectivity index is 1.83. The van der Waals surface area contributed by atoms with Gasteiger partial charge >= 0.3 is 5.97 Å². The summed E-state index contributed by atoms with van der Waals surface area (Å²) in [7, 11) is 0. The average molecular weight is 328 g/mol. The smallest absolute Gasteiger partial charge is 0.328 e. The van der Waals surface area contributed by atoms with Gasteiger partial charge in [-0.25, -0.2) is 9.78 Å². The zero-order valence-corrected chi connectivity index (χ0v) is 14.8. The van der Waals surface area contributed by atoms with E-state index in [4.69, 9.17) is 4.74 Å². The second kappa shape index (κ2) is 9.91. The van der Waals surface area contributed by atoms with Crippen LogP contribution in [0.1, 0.15) is 58.4 Å². The van der Waals surface area contributed by atoms with Crippen LogP contribution in [0.4, 0.5) is 0 Å². The maximum Gasteiger partial charge on any atom is 0.328 e. The second-order valence-corrected chi connectivity index (χ2v) is 6.14. The molecule has 130 valence electrons. The average Bonchev–Trinajstić information content (AvgIpc) is 3.10. The third-order valence-electron chi connectivity index (χ3n) is 4.20. The van der Waals surface area contributed by atoms with Crippen molar-refractivity contribution in [3.63, 3.8) is 0 Å². The lowest BCUT2D eigenvalue weighted by molar-refractivity contribution is -0.147. The molecule has 0 N–H and O–H groups in total. The van der Waals surface area contributed by atoms with Gasteiger partial charge in [-0.15, -0.1) is 0 Å². The summed E-state index contributed by atoms with van der Waals surface area (Å²) in [5.74, 6) is 0.596. The van der Waals surface area contributed by atoms with E-state index in [0.717, 1.165) is 24.2 Å². The van der Waals surface area contributed by atoms with Crippen LogP contribution in [0.3, 0.4) is 0 Å². The number of aromatic nitrogens is 2. The fourth-order valence-electron chi connectivity index (χ4n) is 2.73. The first-order chi connectivity index (χ1) is 11.7. The first kappa shape index (κ1) is 18.2. The number of rotatable bonds is 10. The predicted octanol–water partition coefficient (Wildman–Crippen LogP) is 5.01. The van der Waals surface area contributed by atoms with Crippen LogP contribution in [0.25, 0.3) is 11.4 Å². The van der Waals surface area contributed by atoms with Crippen molar-refractivity contribution >= 4 is 5.97 Å². The standard InChI is InChI=1S/C20H28N2O2/c1-3-4-5-6-7-11-16-24-20(23)17(2)22-15-14-21-19(22)18-12-9-8-10-13-18/h8-10,12-15,17H,3-7,11,16H2,1-2H3. The molecule has 0 aliphatic rings. The lowest BCUT2D eigenvalue weighted by atomic mass is 10.1. The molecule has 0 aliphatic heterocycles. The predicted molar refractivity (Wildman–Crippen MR) is 96.7 cm³/mol. The normalized spacial score (nSPS) is 12.1. The van der Waals surface area contributed by atoms with E-state index in [2.05, 4.69) is 11.9 Å². The van der Waals surface area contributed by atoms with Crippen molar-refractivity contribution in [3.05, 3.63) is 42.7 Å². The Hall–Kier alpha value is -2.10. The SMILES string of the molecule is CCCCCCCCOC(=O)C(C)n1ccnc1-c1ccccc1. The number of imidazole rings is 1. The molecule has 0 saturated carbocycles. The number of hydrogen-bond donors (Lipinski definition) is 0. The highest BCUT2D eigenvalue weighted by Crippen LogP contribution is 2.21. The lowest BCUT2D eigenvalue weighted by Gasteiger charge is -2.15. The van der Waals surface area contributed by atoms with Crippen LogP contribution in [-0.2, 0) is 9.53 Å². The molecule has 1 aromatic carbocycles. The first-order valence-electron chi connectivity index (χ1n) is 8.99. The van der Waals surface area contributed by atoms with Crippen LogP contribution in [0.15, 0.2) is 42.7 Å². The summed E-state index contributed by atoms with van der Waals surface area (Å²) in [4.78, 5) is 16.7. The quantitative estimate of drug-likeness (QED) is 0.454. The Morgan fingerprint density at radius 2 is 1.83 bits per heavy atom. The molecule has 1 heterocycles. The number of benzene rings is 1. The maximum absolute atomic E-state index is 12.3. The van der Waals surface area contributed by atoms with Crippen molar-refractivity contribution in [2.45, 2.75) is 58.4 Å². The molecular weight excluding hydrogens is 300 g/mol. The fraction of sp³-hybridized carbons (Fsp3) is 0.500. The minimum atomic E-state index is -0.372. The zero-order valence-electron chi connectivity index (χ0n) is 14.8. The van der Waals surface area contributed by atoms with Gasteiger partial charge in [0, 0.05) is 18.0 Å². The molecule has 0 amide bonds. The number of unbranched alkanes of at least 4 members (excludes halogenated alkanes) is 5. The van der Waals surface area contributed by atoms with Crippen molar-refractivity contribution in [2.75, 3.05) is 6.61 Å².